The standard InChI is InChI=1S/C21H29N5O/c1-15-22-19(14-20(23-15)26(2)3)24-17-9-11-18(12-10-17)25-21(27)13-16-7-5-4-6-8-16/h4-8,14,17-18H,9-13H2,1-3H3,(H,25,27)(H,22,23,24). The van der Waals surface area contributed by atoms with Gasteiger partial charge in [-0.1, -0.05) is 30.3 Å². The normalized spacial score (nSPS) is 19.4. The molecule has 0 bridgehead atoms. The Balaban J connectivity index is 1.47. The number of rotatable bonds is 6. The molecule has 1 amide bonds. The van der Waals surface area contributed by atoms with E-state index in [1.807, 2.05) is 62.3 Å². The summed E-state index contributed by atoms with van der Waals surface area (Å²) in [6.07, 6.45) is 4.48. The summed E-state index contributed by atoms with van der Waals surface area (Å²) in [5.41, 5.74) is 1.06. The van der Waals surface area contributed by atoms with E-state index in [0.29, 0.717) is 12.5 Å². The second kappa shape index (κ2) is 8.84. The van der Waals surface area contributed by atoms with Crippen molar-refractivity contribution in [2.75, 3.05) is 24.3 Å². The summed E-state index contributed by atoms with van der Waals surface area (Å²) in [6.45, 7) is 1.91. The van der Waals surface area contributed by atoms with Gasteiger partial charge in [-0.05, 0) is 38.2 Å². The zero-order valence-corrected chi connectivity index (χ0v) is 16.4. The third kappa shape index (κ3) is 5.67. The van der Waals surface area contributed by atoms with E-state index in [0.717, 1.165) is 48.7 Å². The van der Waals surface area contributed by atoms with Crippen LogP contribution in [0.5, 0.6) is 0 Å². The minimum atomic E-state index is 0.111. The first-order chi connectivity index (χ1) is 13.0. The van der Waals surface area contributed by atoms with Crippen molar-refractivity contribution in [2.24, 2.45) is 0 Å². The third-order valence-electron chi connectivity index (χ3n) is 4.93. The van der Waals surface area contributed by atoms with Crippen molar-refractivity contribution in [1.29, 1.82) is 0 Å². The topological polar surface area (TPSA) is 70.2 Å². The van der Waals surface area contributed by atoms with Crippen LogP contribution in [-0.4, -0.2) is 42.1 Å². The van der Waals surface area contributed by atoms with Gasteiger partial charge >= 0.3 is 0 Å². The van der Waals surface area contributed by atoms with E-state index >= 15 is 0 Å². The van der Waals surface area contributed by atoms with Crippen LogP contribution >= 0.6 is 0 Å². The van der Waals surface area contributed by atoms with Crippen LogP contribution in [0.1, 0.15) is 37.1 Å². The smallest absolute Gasteiger partial charge is 0.224 e. The van der Waals surface area contributed by atoms with E-state index in [4.69, 9.17) is 0 Å². The molecule has 0 atom stereocenters. The number of benzene rings is 1. The number of hydrogen-bond donors (Lipinski definition) is 2. The van der Waals surface area contributed by atoms with Crippen LogP contribution in [0.4, 0.5) is 11.6 Å². The Labute approximate surface area is 161 Å². The zero-order valence-electron chi connectivity index (χ0n) is 16.4. The highest BCUT2D eigenvalue weighted by atomic mass is 16.1. The molecule has 0 saturated heterocycles. The highest BCUT2D eigenvalue weighted by Gasteiger charge is 2.23. The maximum Gasteiger partial charge on any atom is 0.224 e. The van der Waals surface area contributed by atoms with Gasteiger partial charge in [0, 0.05) is 32.2 Å². The third-order valence-corrected chi connectivity index (χ3v) is 4.93. The Morgan fingerprint density at radius 3 is 2.41 bits per heavy atom. The van der Waals surface area contributed by atoms with Crippen LogP contribution in [0.2, 0.25) is 0 Å². The van der Waals surface area contributed by atoms with Crippen LogP contribution < -0.4 is 15.5 Å². The number of hydrogen-bond acceptors (Lipinski definition) is 5. The Bertz CT molecular complexity index is 754. The molecule has 1 aliphatic rings. The number of amides is 1. The zero-order chi connectivity index (χ0) is 19.2. The van der Waals surface area contributed by atoms with Crippen molar-refractivity contribution >= 4 is 17.5 Å². The van der Waals surface area contributed by atoms with Crippen LogP contribution in [0.15, 0.2) is 36.4 Å². The molecule has 6 nitrogen and oxygen atoms in total. The number of carbonyl (C=O) groups is 1. The Morgan fingerprint density at radius 1 is 1.07 bits per heavy atom. The largest absolute Gasteiger partial charge is 0.367 e. The van der Waals surface area contributed by atoms with Gasteiger partial charge in [-0.3, -0.25) is 4.79 Å². The van der Waals surface area contributed by atoms with Gasteiger partial charge in [0.25, 0.3) is 0 Å². The van der Waals surface area contributed by atoms with Gasteiger partial charge in [-0.15, -0.1) is 0 Å². The van der Waals surface area contributed by atoms with Gasteiger partial charge in [0.15, 0.2) is 0 Å². The number of nitrogens with one attached hydrogen (secondary N) is 2. The fourth-order valence-electron chi connectivity index (χ4n) is 3.51. The maximum absolute atomic E-state index is 12.2. The van der Waals surface area contributed by atoms with Crippen molar-refractivity contribution in [2.45, 2.75) is 51.1 Å². The predicted octanol–water partition coefficient (Wildman–Crippen LogP) is 2.93. The second-order valence-corrected chi connectivity index (χ2v) is 7.48. The molecule has 1 aromatic heterocycles. The number of aryl methyl sites for hydroxylation is 1. The van der Waals surface area contributed by atoms with E-state index in [1.54, 1.807) is 0 Å². The lowest BCUT2D eigenvalue weighted by Gasteiger charge is -2.30. The fraction of sp³-hybridized carbons (Fsp3) is 0.476. The molecule has 2 aromatic rings. The first kappa shape index (κ1) is 19.1. The minimum Gasteiger partial charge on any atom is -0.367 e. The Morgan fingerprint density at radius 2 is 1.74 bits per heavy atom. The highest BCUT2D eigenvalue weighted by molar-refractivity contribution is 5.78. The van der Waals surface area contributed by atoms with Crippen LogP contribution in [0.3, 0.4) is 0 Å². The Kier molecular flexibility index (Phi) is 6.27. The first-order valence-corrected chi connectivity index (χ1v) is 9.62. The van der Waals surface area contributed by atoms with E-state index in [2.05, 4.69) is 20.6 Å². The number of nitrogens with zero attached hydrogens (tertiary/aromatic N) is 3. The summed E-state index contributed by atoms with van der Waals surface area (Å²) < 4.78 is 0. The molecule has 1 aliphatic carbocycles. The molecule has 0 unspecified atom stereocenters. The molecule has 0 radical (unpaired) electrons. The lowest BCUT2D eigenvalue weighted by Crippen LogP contribution is -2.40. The van der Waals surface area contributed by atoms with Crippen LogP contribution in [0, 0.1) is 6.92 Å². The summed E-state index contributed by atoms with van der Waals surface area (Å²) in [6, 6.07) is 12.5. The second-order valence-electron chi connectivity index (χ2n) is 7.48. The monoisotopic (exact) mass is 367 g/mol. The fourth-order valence-corrected chi connectivity index (χ4v) is 3.51. The van der Waals surface area contributed by atoms with E-state index in [1.165, 1.54) is 0 Å². The van der Waals surface area contributed by atoms with Gasteiger partial charge in [-0.25, -0.2) is 9.97 Å². The molecule has 1 aromatic carbocycles. The summed E-state index contributed by atoms with van der Waals surface area (Å²) >= 11 is 0. The van der Waals surface area contributed by atoms with Crippen molar-refractivity contribution in [1.82, 2.24) is 15.3 Å². The van der Waals surface area contributed by atoms with E-state index < -0.39 is 0 Å². The van der Waals surface area contributed by atoms with E-state index in [-0.39, 0.29) is 11.9 Å². The van der Waals surface area contributed by atoms with Gasteiger partial charge in [-0.2, -0.15) is 0 Å². The van der Waals surface area contributed by atoms with Gasteiger partial charge in [0.2, 0.25) is 5.91 Å². The minimum absolute atomic E-state index is 0.111. The maximum atomic E-state index is 12.2. The van der Waals surface area contributed by atoms with Crippen LogP contribution in [0.25, 0.3) is 0 Å². The molecule has 144 valence electrons. The first-order valence-electron chi connectivity index (χ1n) is 9.62. The van der Waals surface area contributed by atoms with Crippen molar-refractivity contribution in [3.63, 3.8) is 0 Å². The molecule has 0 aliphatic heterocycles. The SMILES string of the molecule is Cc1nc(NC2CCC(NC(=O)Cc3ccccc3)CC2)cc(N(C)C)n1. The van der Waals surface area contributed by atoms with Gasteiger partial charge in [0.1, 0.15) is 17.5 Å². The highest BCUT2D eigenvalue weighted by Crippen LogP contribution is 2.23. The van der Waals surface area contributed by atoms with Crippen molar-refractivity contribution < 1.29 is 4.79 Å². The lowest BCUT2D eigenvalue weighted by molar-refractivity contribution is -0.121. The average Bonchev–Trinajstić information content (AvgIpc) is 2.63. The molecule has 6 heteroatoms. The molecular formula is C21H29N5O. The molecule has 1 heterocycles. The Hall–Kier alpha value is -2.63. The molecule has 2 N–H and O–H groups in total. The van der Waals surface area contributed by atoms with Gasteiger partial charge < -0.3 is 15.5 Å². The average molecular weight is 367 g/mol. The molecule has 27 heavy (non-hydrogen) atoms. The quantitative estimate of drug-likeness (QED) is 0.821. The van der Waals surface area contributed by atoms with Gasteiger partial charge in [0.05, 0.1) is 6.42 Å². The molecule has 1 fully saturated rings. The van der Waals surface area contributed by atoms with Crippen LogP contribution in [-0.2, 0) is 11.2 Å². The molecule has 0 spiro atoms. The van der Waals surface area contributed by atoms with Crippen molar-refractivity contribution in [3.8, 4) is 0 Å². The van der Waals surface area contributed by atoms with Crippen molar-refractivity contribution in [3.05, 3.63) is 47.8 Å². The lowest BCUT2D eigenvalue weighted by atomic mass is 9.91. The number of carbonyl (C=O) groups excluding carboxylic acids is 1. The summed E-state index contributed by atoms with van der Waals surface area (Å²) in [5.74, 6) is 2.67. The summed E-state index contributed by atoms with van der Waals surface area (Å²) in [7, 11) is 3.96. The number of aromatic nitrogens is 2. The summed E-state index contributed by atoms with van der Waals surface area (Å²) in [4.78, 5) is 23.2. The number of anilines is 2. The molecule has 1 saturated carbocycles. The van der Waals surface area contributed by atoms with E-state index in [9.17, 15) is 4.79 Å². The summed E-state index contributed by atoms with van der Waals surface area (Å²) in [5, 5.41) is 6.73. The molecule has 3 rings (SSSR count). The predicted molar refractivity (Wildman–Crippen MR) is 109 cm³/mol. The molecular weight excluding hydrogens is 338 g/mol.